The van der Waals surface area contributed by atoms with Gasteiger partial charge in [0.15, 0.2) is 0 Å². The minimum atomic E-state index is 0. The maximum Gasteiger partial charge on any atom is 0.0779 e. The summed E-state index contributed by atoms with van der Waals surface area (Å²) in [6, 6.07) is 0. The van der Waals surface area contributed by atoms with E-state index in [4.69, 9.17) is 10.2 Å². The largest absolute Gasteiger partial charge is 0.395 e. The van der Waals surface area contributed by atoms with Gasteiger partial charge >= 0.3 is 0 Å². The number of aliphatic hydroxyl groups is 2. The van der Waals surface area contributed by atoms with Gasteiger partial charge in [0.25, 0.3) is 0 Å². The molecule has 0 saturated heterocycles. The number of aliphatic imine (C=N–C) groups is 1. The molecule has 0 aliphatic heterocycles. The van der Waals surface area contributed by atoms with Gasteiger partial charge in [-0.2, -0.15) is 0 Å². The molecule has 3 N–H and O–H groups in total. The molecule has 0 aromatic heterocycles. The summed E-state index contributed by atoms with van der Waals surface area (Å²) < 4.78 is 0. The molecule has 0 saturated carbocycles. The minimum Gasteiger partial charge on any atom is -0.395 e. The number of hydrogen-bond acceptors (Lipinski definition) is 4. The third-order valence-electron chi connectivity index (χ3n) is 0.917. The molecule has 0 fully saturated rings. The summed E-state index contributed by atoms with van der Waals surface area (Å²) in [5.74, 6) is 0. The predicted octanol–water partition coefficient (Wildman–Crippen LogP) is -1.37. The summed E-state index contributed by atoms with van der Waals surface area (Å²) in [6.45, 7) is 2.16. The molecule has 0 amide bonds. The van der Waals surface area contributed by atoms with Crippen LogP contribution in [0.1, 0.15) is 0 Å². The summed E-state index contributed by atoms with van der Waals surface area (Å²) in [7, 11) is 0. The van der Waals surface area contributed by atoms with Gasteiger partial charge in [-0.15, -0.1) is 0 Å². The van der Waals surface area contributed by atoms with Crippen molar-refractivity contribution in [3.05, 3.63) is 0 Å². The predicted molar refractivity (Wildman–Crippen MR) is 40.4 cm³/mol. The van der Waals surface area contributed by atoms with Crippen LogP contribution in [0.3, 0.4) is 0 Å². The molecule has 0 radical (unpaired) electrons. The number of rotatable bonds is 6. The van der Waals surface area contributed by atoms with E-state index >= 15 is 0 Å². The molecule has 0 aromatic rings. The molecule has 0 aliphatic carbocycles. The molecule has 10 heavy (non-hydrogen) atoms. The molecule has 0 atom stereocenters. The van der Waals surface area contributed by atoms with Crippen molar-refractivity contribution in [1.29, 1.82) is 0 Å². The number of aliphatic hydroxyl groups excluding tert-OH is 2. The van der Waals surface area contributed by atoms with Crippen molar-refractivity contribution in [3.8, 4) is 0 Å². The summed E-state index contributed by atoms with van der Waals surface area (Å²) in [4.78, 5) is 3.84. The van der Waals surface area contributed by atoms with Gasteiger partial charge in [0.2, 0.25) is 0 Å². The Morgan fingerprint density at radius 3 is 2.70 bits per heavy atom. The molecule has 0 spiro atoms. The second-order valence-corrected chi connectivity index (χ2v) is 1.74. The molecule has 0 bridgehead atoms. The Balaban J connectivity index is 2.83. The Morgan fingerprint density at radius 1 is 1.30 bits per heavy atom. The highest BCUT2D eigenvalue weighted by Crippen LogP contribution is 1.65. The molecule has 4 nitrogen and oxygen atoms in total. The van der Waals surface area contributed by atoms with E-state index in [9.17, 15) is 0 Å². The maximum atomic E-state index is 8.33. The zero-order valence-corrected chi connectivity index (χ0v) is 5.95. The van der Waals surface area contributed by atoms with Crippen LogP contribution >= 0.6 is 0 Å². The fraction of sp³-hybridized carbons (Fsp3) is 0.833. The van der Waals surface area contributed by atoms with Crippen molar-refractivity contribution in [2.24, 2.45) is 4.99 Å². The lowest BCUT2D eigenvalue weighted by atomic mass is 10.6. The van der Waals surface area contributed by atoms with E-state index in [1.165, 1.54) is 6.21 Å². The highest BCUT2D eigenvalue weighted by Gasteiger charge is 1.81. The zero-order valence-electron chi connectivity index (χ0n) is 5.95. The van der Waals surface area contributed by atoms with Crippen LogP contribution in [-0.2, 0) is 0 Å². The minimum absolute atomic E-state index is 0. The van der Waals surface area contributed by atoms with Gasteiger partial charge in [0, 0.05) is 19.3 Å². The van der Waals surface area contributed by atoms with Crippen LogP contribution in [0.15, 0.2) is 4.99 Å². The third-order valence-corrected chi connectivity index (χ3v) is 0.917. The molecule has 0 unspecified atom stereocenters. The van der Waals surface area contributed by atoms with Crippen LogP contribution in [-0.4, -0.2) is 49.3 Å². The second-order valence-electron chi connectivity index (χ2n) is 1.74. The lowest BCUT2D eigenvalue weighted by Crippen LogP contribution is -2.21. The van der Waals surface area contributed by atoms with Crippen LogP contribution in [0.2, 0.25) is 0 Å². The van der Waals surface area contributed by atoms with Gasteiger partial charge in [-0.3, -0.25) is 4.99 Å². The van der Waals surface area contributed by atoms with Crippen molar-refractivity contribution in [1.82, 2.24) is 5.32 Å². The van der Waals surface area contributed by atoms with Crippen molar-refractivity contribution in [2.45, 2.75) is 0 Å². The topological polar surface area (TPSA) is 64.9 Å². The molecule has 60 valence electrons. The monoisotopic (exact) mass is 146 g/mol. The van der Waals surface area contributed by atoms with Crippen LogP contribution < -0.4 is 5.32 Å². The Bertz CT molecular complexity index is 85.8. The molecular weight excluding hydrogens is 132 g/mol. The normalized spacial score (nSPS) is 11.0. The Labute approximate surface area is 60.6 Å². The van der Waals surface area contributed by atoms with E-state index in [0.29, 0.717) is 13.1 Å². The van der Waals surface area contributed by atoms with Gasteiger partial charge in [-0.1, -0.05) is 0 Å². The average Bonchev–Trinajstić information content (AvgIpc) is 1.97. The van der Waals surface area contributed by atoms with Crippen molar-refractivity contribution < 1.29 is 10.2 Å². The summed E-state index contributed by atoms with van der Waals surface area (Å²) in [5.41, 5.74) is 0. The first-order valence-corrected chi connectivity index (χ1v) is 3.32. The Morgan fingerprint density at radius 2 is 2.10 bits per heavy atom. The lowest BCUT2D eigenvalue weighted by molar-refractivity contribution is 0.293. The Hall–Kier alpha value is -0.450. The highest BCUT2D eigenvalue weighted by molar-refractivity contribution is 5.57. The van der Waals surface area contributed by atoms with Gasteiger partial charge in [-0.05, 0) is 0 Å². The second kappa shape index (κ2) is 8.55. The van der Waals surface area contributed by atoms with Crippen molar-refractivity contribution >= 4 is 6.21 Å². The fourth-order valence-corrected chi connectivity index (χ4v) is 0.497. The van der Waals surface area contributed by atoms with E-state index in [1.54, 1.807) is 0 Å². The zero-order chi connectivity index (χ0) is 7.66. The van der Waals surface area contributed by atoms with Gasteiger partial charge in [-0.25, -0.2) is 0 Å². The summed E-state index contributed by atoms with van der Waals surface area (Å²) in [6.07, 6.45) is 1.46. The van der Waals surface area contributed by atoms with E-state index in [-0.39, 0.29) is 13.2 Å². The first-order chi connectivity index (χ1) is 4.91. The van der Waals surface area contributed by atoms with Crippen molar-refractivity contribution in [2.75, 3.05) is 32.8 Å². The summed E-state index contributed by atoms with van der Waals surface area (Å²) in [5, 5.41) is 19.5. The highest BCUT2D eigenvalue weighted by atomic mass is 16.3. The smallest absolute Gasteiger partial charge is 0.0779 e. The van der Waals surface area contributed by atoms with Gasteiger partial charge in [0.1, 0.15) is 0 Å². The number of nitrogens with one attached hydrogen (secondary N) is 1. The molecule has 0 rings (SSSR count). The quantitative estimate of drug-likeness (QED) is 0.320. The fourth-order valence-electron chi connectivity index (χ4n) is 0.497. The molecule has 4 heteroatoms. The third kappa shape index (κ3) is 7.55. The molecular formula is C6H14N2O2. The maximum absolute atomic E-state index is 8.33. The van der Waals surface area contributed by atoms with E-state index in [1.807, 2.05) is 0 Å². The van der Waals surface area contributed by atoms with Crippen LogP contribution in [0.4, 0.5) is 0 Å². The van der Waals surface area contributed by atoms with Crippen LogP contribution in [0.25, 0.3) is 0 Å². The Kier molecular flexibility index (Phi) is 8.17. The molecule has 0 aromatic carbocycles. The molecule has 0 heterocycles. The standard InChI is InChI=1S/C6H14N2O2/c9-5-3-7-1-2-8-4-6-10/h3,8-10H,1-2,4-6H2/b7-3+. The summed E-state index contributed by atoms with van der Waals surface area (Å²) >= 11 is 0. The SMILES string of the molecule is OC/C=N/CCNCCO. The van der Waals surface area contributed by atoms with E-state index in [0.717, 1.165) is 6.54 Å². The number of hydrogen-bond donors (Lipinski definition) is 3. The van der Waals surface area contributed by atoms with Gasteiger partial charge < -0.3 is 15.5 Å². The first-order valence-electron chi connectivity index (χ1n) is 3.32. The van der Waals surface area contributed by atoms with Gasteiger partial charge in [0.05, 0.1) is 19.8 Å². The molecule has 0 aliphatic rings. The average molecular weight is 146 g/mol. The van der Waals surface area contributed by atoms with E-state index in [2.05, 4.69) is 10.3 Å². The van der Waals surface area contributed by atoms with E-state index < -0.39 is 0 Å². The van der Waals surface area contributed by atoms with Crippen LogP contribution in [0, 0.1) is 0 Å². The van der Waals surface area contributed by atoms with Crippen LogP contribution in [0.5, 0.6) is 0 Å². The number of nitrogens with zero attached hydrogens (tertiary/aromatic N) is 1. The van der Waals surface area contributed by atoms with Crippen molar-refractivity contribution in [3.63, 3.8) is 0 Å². The first kappa shape index (κ1) is 9.55. The lowest BCUT2D eigenvalue weighted by Gasteiger charge is -1.96.